The van der Waals surface area contributed by atoms with Gasteiger partial charge in [-0.25, -0.2) is 0 Å². The predicted molar refractivity (Wildman–Crippen MR) is 90.4 cm³/mol. The molecule has 0 aliphatic heterocycles. The lowest BCUT2D eigenvalue weighted by Crippen LogP contribution is -2.06. The molecular weight excluding hydrogens is 302 g/mol. The summed E-state index contributed by atoms with van der Waals surface area (Å²) >= 11 is 0. The van der Waals surface area contributed by atoms with E-state index < -0.39 is 0 Å². The van der Waals surface area contributed by atoms with Crippen molar-refractivity contribution >= 4 is 0 Å². The maximum atomic E-state index is 9.33. The molecule has 0 amide bonds. The summed E-state index contributed by atoms with van der Waals surface area (Å²) in [6, 6.07) is 15.2. The third-order valence-corrected chi connectivity index (χ3v) is 3.51. The van der Waals surface area contributed by atoms with E-state index in [0.29, 0.717) is 28.7 Å². The largest absolute Gasteiger partial charge is 0.490 e. The molecule has 24 heavy (non-hydrogen) atoms. The zero-order valence-corrected chi connectivity index (χ0v) is 13.8. The number of nitrogens with zero attached hydrogens (tertiary/aromatic N) is 3. The molecule has 0 spiro atoms. The quantitative estimate of drug-likeness (QED) is 0.714. The smallest absolute Gasteiger partial charge is 0.248 e. The van der Waals surface area contributed by atoms with Crippen LogP contribution in [0.5, 0.6) is 5.75 Å². The van der Waals surface area contributed by atoms with E-state index in [9.17, 15) is 5.26 Å². The number of rotatable bonds is 4. The van der Waals surface area contributed by atoms with Gasteiger partial charge >= 0.3 is 0 Å². The van der Waals surface area contributed by atoms with Crippen molar-refractivity contribution in [1.29, 1.82) is 5.26 Å². The second kappa shape index (κ2) is 6.55. The minimum Gasteiger partial charge on any atom is -0.490 e. The van der Waals surface area contributed by atoms with Gasteiger partial charge in [-0.15, -0.1) is 10.2 Å². The maximum Gasteiger partial charge on any atom is 0.248 e. The molecule has 2 aromatic carbocycles. The summed E-state index contributed by atoms with van der Waals surface area (Å²) in [6.45, 7) is 5.83. The minimum atomic E-state index is -0.000914. The molecule has 120 valence electrons. The second-order valence-corrected chi connectivity index (χ2v) is 5.72. The van der Waals surface area contributed by atoms with Crippen molar-refractivity contribution in [2.75, 3.05) is 0 Å². The third kappa shape index (κ3) is 3.13. The van der Waals surface area contributed by atoms with E-state index in [1.54, 1.807) is 12.1 Å². The van der Waals surface area contributed by atoms with Crippen LogP contribution in [0.4, 0.5) is 0 Å². The van der Waals surface area contributed by atoms with Gasteiger partial charge in [0.25, 0.3) is 0 Å². The molecule has 0 atom stereocenters. The molecule has 0 radical (unpaired) electrons. The molecule has 5 nitrogen and oxygen atoms in total. The Balaban J connectivity index is 1.96. The Morgan fingerprint density at radius 1 is 1.08 bits per heavy atom. The summed E-state index contributed by atoms with van der Waals surface area (Å²) in [5.74, 6) is 1.39. The van der Waals surface area contributed by atoms with Crippen LogP contribution in [0.25, 0.3) is 22.9 Å². The number of hydrogen-bond donors (Lipinski definition) is 0. The zero-order chi connectivity index (χ0) is 17.1. The summed E-state index contributed by atoms with van der Waals surface area (Å²) < 4.78 is 11.4. The van der Waals surface area contributed by atoms with Crippen molar-refractivity contribution in [3.63, 3.8) is 0 Å². The number of nitriles is 1. The molecule has 1 aromatic heterocycles. The van der Waals surface area contributed by atoms with Gasteiger partial charge in [-0.1, -0.05) is 18.2 Å². The van der Waals surface area contributed by atoms with Crippen LogP contribution in [0.15, 0.2) is 46.9 Å². The number of ether oxygens (including phenoxy) is 1. The highest BCUT2D eigenvalue weighted by molar-refractivity contribution is 5.63. The minimum absolute atomic E-state index is 0.000914. The van der Waals surface area contributed by atoms with Gasteiger partial charge in [-0.2, -0.15) is 5.26 Å². The Kier molecular flexibility index (Phi) is 4.30. The number of hydrogen-bond acceptors (Lipinski definition) is 5. The lowest BCUT2D eigenvalue weighted by Gasteiger charge is -2.11. The molecule has 3 aromatic rings. The molecule has 5 heteroatoms. The van der Waals surface area contributed by atoms with Crippen LogP contribution in [0.3, 0.4) is 0 Å². The van der Waals surface area contributed by atoms with E-state index in [-0.39, 0.29) is 6.10 Å². The van der Waals surface area contributed by atoms with Crippen molar-refractivity contribution in [3.8, 4) is 34.7 Å². The molecule has 0 saturated heterocycles. The Bertz CT molecular complexity index is 907. The fourth-order valence-corrected chi connectivity index (χ4v) is 2.37. The van der Waals surface area contributed by atoms with E-state index in [4.69, 9.17) is 9.15 Å². The monoisotopic (exact) mass is 319 g/mol. The number of aryl methyl sites for hydroxylation is 1. The van der Waals surface area contributed by atoms with Gasteiger partial charge in [0, 0.05) is 11.1 Å². The molecule has 0 bridgehead atoms. The molecule has 0 unspecified atom stereocenters. The average molecular weight is 319 g/mol. The van der Waals surface area contributed by atoms with E-state index in [2.05, 4.69) is 16.3 Å². The molecule has 0 aliphatic carbocycles. The van der Waals surface area contributed by atoms with Crippen LogP contribution in [-0.4, -0.2) is 16.3 Å². The fraction of sp³-hybridized carbons (Fsp3) is 0.211. The Morgan fingerprint density at radius 3 is 2.54 bits per heavy atom. The second-order valence-electron chi connectivity index (χ2n) is 5.72. The Hall–Kier alpha value is -3.13. The fourth-order valence-electron chi connectivity index (χ4n) is 2.37. The topological polar surface area (TPSA) is 71.9 Å². The van der Waals surface area contributed by atoms with Gasteiger partial charge < -0.3 is 9.15 Å². The SMILES string of the molecule is Cc1ccccc1-c1nnc(-c2ccc(OC(C)C)c(C#N)c2)o1. The first-order valence-electron chi connectivity index (χ1n) is 7.69. The summed E-state index contributed by atoms with van der Waals surface area (Å²) in [5, 5.41) is 17.5. The Morgan fingerprint density at radius 2 is 1.83 bits per heavy atom. The Labute approximate surface area is 140 Å². The van der Waals surface area contributed by atoms with Crippen molar-refractivity contribution in [2.24, 2.45) is 0 Å². The number of aromatic nitrogens is 2. The predicted octanol–water partition coefficient (Wildman–Crippen LogP) is 4.37. The molecule has 0 fully saturated rings. The molecule has 0 N–H and O–H groups in total. The number of benzene rings is 2. The third-order valence-electron chi connectivity index (χ3n) is 3.51. The molecular formula is C19H17N3O2. The van der Waals surface area contributed by atoms with Crippen molar-refractivity contribution in [1.82, 2.24) is 10.2 Å². The molecule has 0 saturated carbocycles. The van der Waals surface area contributed by atoms with E-state index in [0.717, 1.165) is 11.1 Å². The van der Waals surface area contributed by atoms with Crippen molar-refractivity contribution < 1.29 is 9.15 Å². The van der Waals surface area contributed by atoms with Crippen LogP contribution in [0.2, 0.25) is 0 Å². The van der Waals surface area contributed by atoms with Gasteiger partial charge in [0.15, 0.2) is 0 Å². The summed E-state index contributed by atoms with van der Waals surface area (Å²) in [5.41, 5.74) is 3.09. The van der Waals surface area contributed by atoms with Gasteiger partial charge in [-0.05, 0) is 50.6 Å². The first-order valence-corrected chi connectivity index (χ1v) is 7.69. The first kappa shape index (κ1) is 15.8. The van der Waals surface area contributed by atoms with E-state index in [1.165, 1.54) is 0 Å². The van der Waals surface area contributed by atoms with Crippen LogP contribution in [-0.2, 0) is 0 Å². The van der Waals surface area contributed by atoms with Crippen molar-refractivity contribution in [3.05, 3.63) is 53.6 Å². The van der Waals surface area contributed by atoms with Crippen LogP contribution in [0, 0.1) is 18.3 Å². The highest BCUT2D eigenvalue weighted by Crippen LogP contribution is 2.29. The molecule has 1 heterocycles. The highest BCUT2D eigenvalue weighted by Gasteiger charge is 2.14. The van der Waals surface area contributed by atoms with Gasteiger partial charge in [0.1, 0.15) is 11.8 Å². The van der Waals surface area contributed by atoms with Gasteiger partial charge in [0.2, 0.25) is 11.8 Å². The standard InChI is InChI=1S/C19H17N3O2/c1-12(2)23-17-9-8-14(10-15(17)11-20)18-21-22-19(24-18)16-7-5-4-6-13(16)3/h4-10,12H,1-3H3. The summed E-state index contributed by atoms with van der Waals surface area (Å²) in [7, 11) is 0. The molecule has 0 aliphatic rings. The summed E-state index contributed by atoms with van der Waals surface area (Å²) in [6.07, 6.45) is -0.000914. The highest BCUT2D eigenvalue weighted by atomic mass is 16.5. The molecule has 3 rings (SSSR count). The van der Waals surface area contributed by atoms with Crippen LogP contribution < -0.4 is 4.74 Å². The lowest BCUT2D eigenvalue weighted by molar-refractivity contribution is 0.242. The van der Waals surface area contributed by atoms with Gasteiger partial charge in [0.05, 0.1) is 11.7 Å². The lowest BCUT2D eigenvalue weighted by atomic mass is 10.1. The van der Waals surface area contributed by atoms with Gasteiger partial charge in [-0.3, -0.25) is 0 Å². The normalized spacial score (nSPS) is 10.6. The average Bonchev–Trinajstić information content (AvgIpc) is 3.05. The van der Waals surface area contributed by atoms with E-state index in [1.807, 2.05) is 51.1 Å². The van der Waals surface area contributed by atoms with Crippen molar-refractivity contribution in [2.45, 2.75) is 26.9 Å². The zero-order valence-electron chi connectivity index (χ0n) is 13.8. The van der Waals surface area contributed by atoms with Crippen LogP contribution in [0.1, 0.15) is 25.0 Å². The van der Waals surface area contributed by atoms with Crippen LogP contribution >= 0.6 is 0 Å². The van der Waals surface area contributed by atoms with E-state index >= 15 is 0 Å². The maximum absolute atomic E-state index is 9.33. The first-order chi connectivity index (χ1) is 11.6. The summed E-state index contributed by atoms with van der Waals surface area (Å²) in [4.78, 5) is 0.